The lowest BCUT2D eigenvalue weighted by atomic mass is 10.3. The van der Waals surface area contributed by atoms with Crippen LogP contribution in [0.5, 0.6) is 0 Å². The predicted octanol–water partition coefficient (Wildman–Crippen LogP) is 5.66. The molecule has 2 unspecified atom stereocenters. The maximum atomic E-state index is 6.48. The summed E-state index contributed by atoms with van der Waals surface area (Å²) >= 11 is 0. The summed E-state index contributed by atoms with van der Waals surface area (Å²) in [5, 5.41) is 0. The Morgan fingerprint density at radius 3 is 1.37 bits per heavy atom. The minimum Gasteiger partial charge on any atom is -0.391 e. The van der Waals surface area contributed by atoms with Crippen LogP contribution in [0.15, 0.2) is 0 Å². The van der Waals surface area contributed by atoms with Crippen molar-refractivity contribution >= 4 is 8.56 Å². The van der Waals surface area contributed by atoms with Crippen LogP contribution in [0, 0.1) is 0 Å². The zero-order valence-electron chi connectivity index (χ0n) is 14.1. The molecule has 0 aromatic heterocycles. The van der Waals surface area contributed by atoms with Crippen molar-refractivity contribution in [3.05, 3.63) is 0 Å². The van der Waals surface area contributed by atoms with Crippen molar-refractivity contribution in [3.63, 3.8) is 0 Å². The van der Waals surface area contributed by atoms with Gasteiger partial charge in [0, 0.05) is 12.2 Å². The standard InChI is InChI=1S/C16H36O2Si/c1-7-11-13-19(14-12-8-2,17-15(5)9-3)18-16(6)10-4/h15-16H,7-14H2,1-6H3. The Kier molecular flexibility index (Phi) is 10.9. The molecule has 0 fully saturated rings. The summed E-state index contributed by atoms with van der Waals surface area (Å²) in [6.45, 7) is 13.3. The molecule has 2 nitrogen and oxygen atoms in total. The summed E-state index contributed by atoms with van der Waals surface area (Å²) in [4.78, 5) is 0. The molecule has 0 spiro atoms. The first kappa shape index (κ1) is 19.1. The Hall–Kier alpha value is 0.137. The SMILES string of the molecule is CCCC[Si](CCCC)(OC(C)CC)OC(C)CC. The van der Waals surface area contributed by atoms with Crippen molar-refractivity contribution in [2.45, 2.75) is 104 Å². The van der Waals surface area contributed by atoms with Crippen LogP contribution >= 0.6 is 0 Å². The van der Waals surface area contributed by atoms with E-state index < -0.39 is 8.56 Å². The van der Waals surface area contributed by atoms with Gasteiger partial charge in [0.05, 0.1) is 0 Å². The molecule has 19 heavy (non-hydrogen) atoms. The summed E-state index contributed by atoms with van der Waals surface area (Å²) in [6, 6.07) is 2.33. The molecule has 0 N–H and O–H groups in total. The van der Waals surface area contributed by atoms with Crippen molar-refractivity contribution in [2.75, 3.05) is 0 Å². The van der Waals surface area contributed by atoms with Crippen LogP contribution in [0.1, 0.15) is 80.1 Å². The van der Waals surface area contributed by atoms with Crippen LogP contribution in [0.4, 0.5) is 0 Å². The monoisotopic (exact) mass is 288 g/mol. The van der Waals surface area contributed by atoms with Gasteiger partial charge in [-0.15, -0.1) is 0 Å². The van der Waals surface area contributed by atoms with Gasteiger partial charge in [-0.1, -0.05) is 53.4 Å². The number of hydrogen-bond donors (Lipinski definition) is 0. The van der Waals surface area contributed by atoms with Gasteiger partial charge < -0.3 is 8.85 Å². The summed E-state index contributed by atoms with van der Waals surface area (Å²) in [6.07, 6.45) is 7.77. The quantitative estimate of drug-likeness (QED) is 0.431. The first-order valence-electron chi connectivity index (χ1n) is 8.39. The fourth-order valence-electron chi connectivity index (χ4n) is 2.18. The van der Waals surface area contributed by atoms with Gasteiger partial charge in [-0.25, -0.2) is 0 Å². The first-order chi connectivity index (χ1) is 9.03. The zero-order chi connectivity index (χ0) is 14.7. The van der Waals surface area contributed by atoms with Crippen LogP contribution in [-0.2, 0) is 8.85 Å². The minimum atomic E-state index is -2.01. The van der Waals surface area contributed by atoms with Crippen LogP contribution in [0.25, 0.3) is 0 Å². The van der Waals surface area contributed by atoms with Gasteiger partial charge in [0.1, 0.15) is 0 Å². The highest BCUT2D eigenvalue weighted by atomic mass is 28.4. The van der Waals surface area contributed by atoms with Gasteiger partial charge in [0.25, 0.3) is 0 Å². The average Bonchev–Trinajstić information content (AvgIpc) is 2.42. The fourth-order valence-corrected chi connectivity index (χ4v) is 6.54. The fraction of sp³-hybridized carbons (Fsp3) is 1.00. The van der Waals surface area contributed by atoms with E-state index in [2.05, 4.69) is 41.5 Å². The smallest absolute Gasteiger partial charge is 0.338 e. The van der Waals surface area contributed by atoms with E-state index in [1.54, 1.807) is 0 Å². The number of rotatable bonds is 12. The van der Waals surface area contributed by atoms with Gasteiger partial charge in [0.15, 0.2) is 0 Å². The lowest BCUT2D eigenvalue weighted by Gasteiger charge is -2.36. The molecule has 0 saturated heterocycles. The van der Waals surface area contributed by atoms with Crippen molar-refractivity contribution in [2.24, 2.45) is 0 Å². The second kappa shape index (κ2) is 10.9. The molecular formula is C16H36O2Si. The maximum Gasteiger partial charge on any atom is 0.338 e. The van der Waals surface area contributed by atoms with Gasteiger partial charge in [-0.05, 0) is 38.8 Å². The summed E-state index contributed by atoms with van der Waals surface area (Å²) < 4.78 is 13.0. The first-order valence-corrected chi connectivity index (χ1v) is 10.6. The Morgan fingerprint density at radius 1 is 0.737 bits per heavy atom. The molecule has 0 aliphatic heterocycles. The Bertz CT molecular complexity index is 187. The van der Waals surface area contributed by atoms with Crippen molar-refractivity contribution in [3.8, 4) is 0 Å². The zero-order valence-corrected chi connectivity index (χ0v) is 15.1. The lowest BCUT2D eigenvalue weighted by molar-refractivity contribution is 0.0856. The third kappa shape index (κ3) is 8.11. The maximum absolute atomic E-state index is 6.48. The van der Waals surface area contributed by atoms with Crippen LogP contribution in [-0.4, -0.2) is 20.8 Å². The predicted molar refractivity (Wildman–Crippen MR) is 86.9 cm³/mol. The van der Waals surface area contributed by atoms with Crippen molar-refractivity contribution < 1.29 is 8.85 Å². The van der Waals surface area contributed by atoms with E-state index in [1.807, 2.05) is 0 Å². The Labute approximate surface area is 122 Å². The molecule has 0 aliphatic rings. The van der Waals surface area contributed by atoms with Crippen LogP contribution < -0.4 is 0 Å². The molecule has 0 radical (unpaired) electrons. The summed E-state index contributed by atoms with van der Waals surface area (Å²) in [5.41, 5.74) is 0. The highest BCUT2D eigenvalue weighted by Crippen LogP contribution is 2.28. The highest BCUT2D eigenvalue weighted by Gasteiger charge is 2.39. The van der Waals surface area contributed by atoms with E-state index in [9.17, 15) is 0 Å². The largest absolute Gasteiger partial charge is 0.391 e. The van der Waals surface area contributed by atoms with Gasteiger partial charge in [0.2, 0.25) is 0 Å². The molecule has 3 heteroatoms. The summed E-state index contributed by atoms with van der Waals surface area (Å²) in [5.74, 6) is 0. The lowest BCUT2D eigenvalue weighted by Crippen LogP contribution is -2.46. The van der Waals surface area contributed by atoms with E-state index in [0.717, 1.165) is 24.9 Å². The number of unbranched alkanes of at least 4 members (excludes halogenated alkanes) is 2. The third-order valence-electron chi connectivity index (χ3n) is 3.80. The van der Waals surface area contributed by atoms with E-state index in [4.69, 9.17) is 8.85 Å². The van der Waals surface area contributed by atoms with E-state index in [1.165, 1.54) is 25.7 Å². The molecular weight excluding hydrogens is 252 g/mol. The molecule has 0 aromatic carbocycles. The van der Waals surface area contributed by atoms with E-state index in [0.29, 0.717) is 12.2 Å². The second-order valence-electron chi connectivity index (χ2n) is 5.79. The average molecular weight is 289 g/mol. The van der Waals surface area contributed by atoms with E-state index >= 15 is 0 Å². The molecule has 0 aromatic rings. The molecule has 0 bridgehead atoms. The van der Waals surface area contributed by atoms with Crippen LogP contribution in [0.3, 0.4) is 0 Å². The summed E-state index contributed by atoms with van der Waals surface area (Å²) in [7, 11) is -2.01. The second-order valence-corrected chi connectivity index (χ2v) is 9.08. The molecule has 0 saturated carbocycles. The van der Waals surface area contributed by atoms with Crippen molar-refractivity contribution in [1.82, 2.24) is 0 Å². The molecule has 0 amide bonds. The van der Waals surface area contributed by atoms with Crippen molar-refractivity contribution in [1.29, 1.82) is 0 Å². The molecule has 0 rings (SSSR count). The third-order valence-corrected chi connectivity index (χ3v) is 7.70. The minimum absolute atomic E-state index is 0.337. The van der Waals surface area contributed by atoms with Gasteiger partial charge in [-0.3, -0.25) is 0 Å². The Balaban J connectivity index is 4.82. The normalized spacial score (nSPS) is 15.5. The topological polar surface area (TPSA) is 18.5 Å². The molecule has 0 heterocycles. The Morgan fingerprint density at radius 2 is 1.11 bits per heavy atom. The molecule has 2 atom stereocenters. The highest BCUT2D eigenvalue weighted by molar-refractivity contribution is 6.67. The van der Waals surface area contributed by atoms with Gasteiger partial charge >= 0.3 is 8.56 Å². The van der Waals surface area contributed by atoms with Crippen LogP contribution in [0.2, 0.25) is 12.1 Å². The van der Waals surface area contributed by atoms with E-state index in [-0.39, 0.29) is 0 Å². The molecule has 0 aliphatic carbocycles. The van der Waals surface area contributed by atoms with Gasteiger partial charge in [-0.2, -0.15) is 0 Å². The molecule has 116 valence electrons. The number of hydrogen-bond acceptors (Lipinski definition) is 2.